The number of carbonyl (C=O) groups is 5. The molecule has 3 rings (SSSR count). The van der Waals surface area contributed by atoms with Gasteiger partial charge in [-0.05, 0) is 61.0 Å². The Hall–Kier alpha value is -3.67. The minimum atomic E-state index is -1.51. The predicted molar refractivity (Wildman–Crippen MR) is 122 cm³/mol. The van der Waals surface area contributed by atoms with Crippen LogP contribution in [-0.2, 0) is 30.4 Å². The molecule has 0 saturated heterocycles. The Labute approximate surface area is 209 Å². The number of nitrogens with zero attached hydrogens (tertiary/aromatic N) is 2. The number of hydroxylamine groups is 2. The highest BCUT2D eigenvalue weighted by Gasteiger charge is 2.41. The van der Waals surface area contributed by atoms with Gasteiger partial charge in [0.1, 0.15) is 17.4 Å². The molecule has 1 atom stereocenters. The van der Waals surface area contributed by atoms with Crippen LogP contribution in [0, 0.1) is 0 Å². The van der Waals surface area contributed by atoms with Crippen LogP contribution >= 0.6 is 15.9 Å². The molecule has 0 bridgehead atoms. The number of rotatable bonds is 7. The summed E-state index contributed by atoms with van der Waals surface area (Å²) in [6, 6.07) is 7.61. The summed E-state index contributed by atoms with van der Waals surface area (Å²) in [6.45, 7) is 4.66. The number of carbonyl (C=O) groups excluding carboxylic acids is 5. The first-order valence-corrected chi connectivity index (χ1v) is 11.2. The average molecular weight is 551 g/mol. The third-order valence-corrected chi connectivity index (χ3v) is 5.17. The number of esters is 1. The fraction of sp³-hybridized carbons (Fsp3) is 0.348. The molecule has 1 aliphatic heterocycles. The minimum Gasteiger partial charge on any atom is -0.467 e. The Morgan fingerprint density at radius 2 is 1.66 bits per heavy atom. The highest BCUT2D eigenvalue weighted by molar-refractivity contribution is 9.10. The van der Waals surface area contributed by atoms with E-state index in [4.69, 9.17) is 18.7 Å². The zero-order chi connectivity index (χ0) is 25.9. The topological polar surface area (TPSA) is 133 Å². The zero-order valence-corrected chi connectivity index (χ0v) is 21.0. The lowest BCUT2D eigenvalue weighted by Crippen LogP contribution is -2.48. The number of amides is 3. The van der Waals surface area contributed by atoms with Gasteiger partial charge in [-0.25, -0.2) is 14.4 Å². The molecule has 0 spiro atoms. The van der Waals surface area contributed by atoms with Crippen molar-refractivity contribution in [3.8, 4) is 0 Å². The first-order chi connectivity index (χ1) is 16.4. The minimum absolute atomic E-state index is 0.0774. The predicted octanol–water partition coefficient (Wildman–Crippen LogP) is 3.47. The molecular weight excluding hydrogens is 528 g/mol. The van der Waals surface area contributed by atoms with E-state index in [9.17, 15) is 24.0 Å². The SMILES string of the molecule is COC(=O)[C@H](CC(=O)ON1C(=O)c2ccccc2C1=O)N(Cc1ccc(Br)o1)C(=O)OC(C)(C)C. The number of halogens is 1. The molecule has 1 aromatic carbocycles. The second kappa shape index (κ2) is 10.3. The van der Waals surface area contributed by atoms with Crippen molar-refractivity contribution in [3.05, 3.63) is 58.0 Å². The zero-order valence-electron chi connectivity index (χ0n) is 19.4. The van der Waals surface area contributed by atoms with E-state index in [2.05, 4.69) is 15.9 Å². The first-order valence-electron chi connectivity index (χ1n) is 10.4. The molecule has 1 aliphatic rings. The normalized spacial score (nSPS) is 13.8. The van der Waals surface area contributed by atoms with Gasteiger partial charge in [0.15, 0.2) is 4.67 Å². The van der Waals surface area contributed by atoms with Gasteiger partial charge >= 0.3 is 18.0 Å². The van der Waals surface area contributed by atoms with Crippen molar-refractivity contribution in [2.45, 2.75) is 45.4 Å². The molecule has 2 aromatic rings. The summed E-state index contributed by atoms with van der Waals surface area (Å²) < 4.78 is 16.0. The fourth-order valence-corrected chi connectivity index (χ4v) is 3.57. The Kier molecular flexibility index (Phi) is 7.64. The Bertz CT molecular complexity index is 1130. The first kappa shape index (κ1) is 25.9. The highest BCUT2D eigenvalue weighted by atomic mass is 79.9. The van der Waals surface area contributed by atoms with Gasteiger partial charge in [-0.2, -0.15) is 0 Å². The second-order valence-electron chi connectivity index (χ2n) is 8.47. The standard InChI is InChI=1S/C23H23BrN2O9/c1-23(2,3)34-22(31)25(12-13-9-10-17(24)33-13)16(21(30)32-4)11-18(27)35-26-19(28)14-7-5-6-8-15(14)20(26)29/h5-10,16H,11-12H2,1-4H3/t16-/m0/s1. The molecule has 186 valence electrons. The van der Waals surface area contributed by atoms with Crippen LogP contribution < -0.4 is 0 Å². The fourth-order valence-electron chi connectivity index (χ4n) is 3.23. The van der Waals surface area contributed by atoms with Crippen LogP contribution in [0.25, 0.3) is 0 Å². The lowest BCUT2D eigenvalue weighted by atomic mass is 10.1. The summed E-state index contributed by atoms with van der Waals surface area (Å²) in [5.41, 5.74) is -0.761. The van der Waals surface area contributed by atoms with Crippen molar-refractivity contribution < 1.29 is 42.7 Å². The van der Waals surface area contributed by atoms with Crippen molar-refractivity contribution in [3.63, 3.8) is 0 Å². The monoisotopic (exact) mass is 550 g/mol. The van der Waals surface area contributed by atoms with Crippen LogP contribution in [0.15, 0.2) is 45.5 Å². The number of fused-ring (bicyclic) bond motifs is 1. The van der Waals surface area contributed by atoms with Crippen LogP contribution in [0.3, 0.4) is 0 Å². The van der Waals surface area contributed by atoms with Gasteiger partial charge in [0.2, 0.25) is 0 Å². The summed E-state index contributed by atoms with van der Waals surface area (Å²) in [7, 11) is 1.08. The number of hydrogen-bond donors (Lipinski definition) is 0. The van der Waals surface area contributed by atoms with Crippen LogP contribution in [0.4, 0.5) is 4.79 Å². The van der Waals surface area contributed by atoms with E-state index in [1.54, 1.807) is 45.0 Å². The smallest absolute Gasteiger partial charge is 0.411 e. The maximum Gasteiger partial charge on any atom is 0.411 e. The summed E-state index contributed by atoms with van der Waals surface area (Å²) in [5, 5.41) is 0.322. The van der Waals surface area contributed by atoms with Gasteiger partial charge in [-0.1, -0.05) is 17.2 Å². The van der Waals surface area contributed by atoms with Gasteiger partial charge in [0, 0.05) is 0 Å². The molecule has 3 amide bonds. The maximum absolute atomic E-state index is 13.0. The summed E-state index contributed by atoms with van der Waals surface area (Å²) >= 11 is 3.16. The molecule has 11 nitrogen and oxygen atoms in total. The van der Waals surface area contributed by atoms with Crippen molar-refractivity contribution in [1.82, 2.24) is 9.96 Å². The van der Waals surface area contributed by atoms with Crippen molar-refractivity contribution >= 4 is 45.8 Å². The molecule has 35 heavy (non-hydrogen) atoms. The Morgan fingerprint density at radius 1 is 1.06 bits per heavy atom. The lowest BCUT2D eigenvalue weighted by molar-refractivity contribution is -0.172. The highest BCUT2D eigenvalue weighted by Crippen LogP contribution is 2.25. The van der Waals surface area contributed by atoms with Gasteiger partial charge in [-0.3, -0.25) is 14.5 Å². The Balaban J connectivity index is 1.83. The van der Waals surface area contributed by atoms with E-state index in [0.717, 1.165) is 12.0 Å². The summed E-state index contributed by atoms with van der Waals surface area (Å²) in [6.07, 6.45) is -1.66. The van der Waals surface area contributed by atoms with E-state index < -0.39 is 47.9 Å². The number of benzene rings is 1. The van der Waals surface area contributed by atoms with Gasteiger partial charge in [0.05, 0.1) is 31.2 Å². The molecule has 2 heterocycles. The maximum atomic E-state index is 13.0. The largest absolute Gasteiger partial charge is 0.467 e. The van der Waals surface area contributed by atoms with Crippen molar-refractivity contribution in [2.24, 2.45) is 0 Å². The quantitative estimate of drug-likeness (QED) is 0.375. The molecule has 0 N–H and O–H groups in total. The number of furan rings is 1. The van der Waals surface area contributed by atoms with Gasteiger partial charge < -0.3 is 18.7 Å². The van der Waals surface area contributed by atoms with E-state index in [1.165, 1.54) is 12.1 Å². The van der Waals surface area contributed by atoms with Crippen LogP contribution in [-0.4, -0.2) is 58.6 Å². The molecule has 0 aliphatic carbocycles. The number of ether oxygens (including phenoxy) is 2. The molecule has 0 fully saturated rings. The van der Waals surface area contributed by atoms with E-state index in [0.29, 0.717) is 9.73 Å². The lowest BCUT2D eigenvalue weighted by Gasteiger charge is -2.31. The summed E-state index contributed by atoms with van der Waals surface area (Å²) in [4.78, 5) is 69.3. The number of methoxy groups -OCH3 is 1. The Morgan fingerprint density at radius 3 is 2.14 bits per heavy atom. The molecule has 0 radical (unpaired) electrons. The van der Waals surface area contributed by atoms with Crippen molar-refractivity contribution in [2.75, 3.05) is 7.11 Å². The van der Waals surface area contributed by atoms with E-state index in [-0.39, 0.29) is 23.4 Å². The van der Waals surface area contributed by atoms with Gasteiger partial charge in [0.25, 0.3) is 11.8 Å². The average Bonchev–Trinajstić information content (AvgIpc) is 3.30. The van der Waals surface area contributed by atoms with E-state index in [1.807, 2.05) is 0 Å². The number of imide groups is 1. The molecule has 1 aromatic heterocycles. The van der Waals surface area contributed by atoms with Crippen LogP contribution in [0.1, 0.15) is 53.7 Å². The number of hydrogen-bond acceptors (Lipinski definition) is 9. The van der Waals surface area contributed by atoms with Crippen molar-refractivity contribution in [1.29, 1.82) is 0 Å². The molecule has 0 saturated carbocycles. The van der Waals surface area contributed by atoms with Crippen LogP contribution in [0.2, 0.25) is 0 Å². The van der Waals surface area contributed by atoms with Gasteiger partial charge in [-0.15, -0.1) is 0 Å². The second-order valence-corrected chi connectivity index (χ2v) is 9.25. The third-order valence-electron chi connectivity index (χ3n) is 4.74. The molecule has 12 heteroatoms. The molecular formula is C23H23BrN2O9. The molecule has 0 unspecified atom stereocenters. The van der Waals surface area contributed by atoms with Crippen LogP contribution in [0.5, 0.6) is 0 Å². The van der Waals surface area contributed by atoms with E-state index >= 15 is 0 Å². The summed E-state index contributed by atoms with van der Waals surface area (Å²) in [5.74, 6) is -3.42. The third kappa shape index (κ3) is 6.07.